The summed E-state index contributed by atoms with van der Waals surface area (Å²) in [6.07, 6.45) is 17.4. The number of hydrogen-bond donors (Lipinski definition) is 6. The lowest BCUT2D eigenvalue weighted by Gasteiger charge is -2.32. The number of carbonyl (C=O) groups excluding carboxylic acids is 4. The van der Waals surface area contributed by atoms with Gasteiger partial charge in [0.25, 0.3) is 0 Å². The van der Waals surface area contributed by atoms with Gasteiger partial charge in [0.05, 0.1) is 25.3 Å². The SMILES string of the molecule is CCCCCCCCOC(=O)NCCCCCCNC(=O)N[C@H]1CCCC[C@@H]1NC(=O)NCCCCCCNC(=O)OCC. The first-order valence-electron chi connectivity index (χ1n) is 17.4. The van der Waals surface area contributed by atoms with Crippen molar-refractivity contribution < 1.29 is 28.7 Å². The molecule has 0 spiro atoms. The highest BCUT2D eigenvalue weighted by Gasteiger charge is 2.27. The lowest BCUT2D eigenvalue weighted by Crippen LogP contribution is -2.56. The van der Waals surface area contributed by atoms with Gasteiger partial charge in [0.2, 0.25) is 0 Å². The zero-order valence-corrected chi connectivity index (χ0v) is 27.6. The minimum absolute atomic E-state index is 0.0894. The van der Waals surface area contributed by atoms with E-state index in [4.69, 9.17) is 9.47 Å². The average Bonchev–Trinajstić information content (AvgIpc) is 3.00. The molecule has 0 bridgehead atoms. The largest absolute Gasteiger partial charge is 0.450 e. The minimum Gasteiger partial charge on any atom is -0.450 e. The highest BCUT2D eigenvalue weighted by Crippen LogP contribution is 2.18. The topological polar surface area (TPSA) is 159 Å². The van der Waals surface area contributed by atoms with Crippen molar-refractivity contribution in [1.29, 1.82) is 0 Å². The Labute approximate surface area is 265 Å². The van der Waals surface area contributed by atoms with E-state index < -0.39 is 0 Å². The summed E-state index contributed by atoms with van der Waals surface area (Å²) in [4.78, 5) is 47.9. The standard InChI is InChI=1S/C32H62N6O6/c1-3-5-6-7-12-19-26-44-32(42)36-25-18-11-9-16-23-34-30(40)38-28-21-14-13-20-27(28)37-29(39)33-22-15-8-10-17-24-35-31(41)43-4-2/h27-28H,3-26H2,1-2H3,(H,35,41)(H,36,42)(H2,33,37,39)(H2,34,38,40)/t27-,28-/m0/s1. The number of amides is 6. The van der Waals surface area contributed by atoms with Crippen molar-refractivity contribution >= 4 is 24.2 Å². The second-order valence-corrected chi connectivity index (χ2v) is 11.6. The van der Waals surface area contributed by atoms with Gasteiger partial charge in [0.1, 0.15) is 0 Å². The number of ether oxygens (including phenoxy) is 2. The highest BCUT2D eigenvalue weighted by atomic mass is 16.6. The maximum absolute atomic E-state index is 12.5. The van der Waals surface area contributed by atoms with Crippen LogP contribution in [0.3, 0.4) is 0 Å². The van der Waals surface area contributed by atoms with Gasteiger partial charge in [-0.1, -0.05) is 77.6 Å². The van der Waals surface area contributed by atoms with Crippen molar-refractivity contribution in [1.82, 2.24) is 31.9 Å². The first-order chi connectivity index (χ1) is 21.5. The molecule has 0 unspecified atom stereocenters. The monoisotopic (exact) mass is 626 g/mol. The maximum Gasteiger partial charge on any atom is 0.407 e. The molecule has 1 aliphatic rings. The number of urea groups is 2. The number of alkyl carbamates (subject to hydrolysis) is 2. The van der Waals surface area contributed by atoms with Gasteiger partial charge in [-0.25, -0.2) is 19.2 Å². The van der Waals surface area contributed by atoms with Crippen LogP contribution in [-0.2, 0) is 9.47 Å². The second kappa shape index (κ2) is 27.6. The van der Waals surface area contributed by atoms with Crippen LogP contribution in [0, 0.1) is 0 Å². The van der Waals surface area contributed by atoms with Crippen LogP contribution >= 0.6 is 0 Å². The van der Waals surface area contributed by atoms with Crippen LogP contribution in [0.25, 0.3) is 0 Å². The molecule has 1 saturated carbocycles. The second-order valence-electron chi connectivity index (χ2n) is 11.6. The van der Waals surface area contributed by atoms with Crippen LogP contribution in [-0.4, -0.2) is 75.7 Å². The number of unbranched alkanes of at least 4 members (excludes halogenated alkanes) is 11. The van der Waals surface area contributed by atoms with Crippen molar-refractivity contribution in [3.8, 4) is 0 Å². The Bertz CT molecular complexity index is 772. The molecule has 256 valence electrons. The summed E-state index contributed by atoms with van der Waals surface area (Å²) in [5, 5.41) is 17.5. The Morgan fingerprint density at radius 3 is 1.41 bits per heavy atom. The molecule has 12 nitrogen and oxygen atoms in total. The summed E-state index contributed by atoms with van der Waals surface area (Å²) in [7, 11) is 0. The lowest BCUT2D eigenvalue weighted by molar-refractivity contribution is 0.143. The van der Waals surface area contributed by atoms with Gasteiger partial charge in [-0.2, -0.15) is 0 Å². The van der Waals surface area contributed by atoms with Gasteiger partial charge in [0.15, 0.2) is 0 Å². The Balaban J connectivity index is 2.04. The van der Waals surface area contributed by atoms with E-state index in [0.29, 0.717) is 39.4 Å². The number of rotatable bonds is 24. The summed E-state index contributed by atoms with van der Waals surface area (Å²) in [6, 6.07) is -0.577. The number of carbonyl (C=O) groups is 4. The van der Waals surface area contributed by atoms with E-state index in [2.05, 4.69) is 38.8 Å². The van der Waals surface area contributed by atoms with E-state index in [1.165, 1.54) is 25.7 Å². The molecule has 12 heteroatoms. The Morgan fingerprint density at radius 1 is 0.523 bits per heavy atom. The van der Waals surface area contributed by atoms with Crippen LogP contribution < -0.4 is 31.9 Å². The summed E-state index contributed by atoms with van der Waals surface area (Å²) in [6.45, 7) is 7.19. The smallest absolute Gasteiger partial charge is 0.407 e. The van der Waals surface area contributed by atoms with Crippen LogP contribution in [0.5, 0.6) is 0 Å². The fourth-order valence-electron chi connectivity index (χ4n) is 5.19. The van der Waals surface area contributed by atoms with E-state index in [1.807, 2.05) is 0 Å². The third kappa shape index (κ3) is 22.6. The molecule has 0 aromatic rings. The zero-order chi connectivity index (χ0) is 32.1. The predicted octanol–water partition coefficient (Wildman–Crippen LogP) is 5.85. The summed E-state index contributed by atoms with van der Waals surface area (Å²) >= 11 is 0. The van der Waals surface area contributed by atoms with Crippen LogP contribution in [0.2, 0.25) is 0 Å². The molecule has 6 amide bonds. The first-order valence-corrected chi connectivity index (χ1v) is 17.4. The molecule has 0 radical (unpaired) electrons. The molecule has 0 aliphatic heterocycles. The first kappa shape index (κ1) is 39.1. The summed E-state index contributed by atoms with van der Waals surface area (Å²) < 4.78 is 10.0. The van der Waals surface area contributed by atoms with Gasteiger partial charge in [0, 0.05) is 26.2 Å². The molecule has 1 fully saturated rings. The maximum atomic E-state index is 12.5. The van der Waals surface area contributed by atoms with E-state index in [1.54, 1.807) is 6.92 Å². The van der Waals surface area contributed by atoms with Crippen molar-refractivity contribution in [3.05, 3.63) is 0 Å². The highest BCUT2D eigenvalue weighted by molar-refractivity contribution is 5.76. The van der Waals surface area contributed by atoms with Gasteiger partial charge >= 0.3 is 24.2 Å². The van der Waals surface area contributed by atoms with E-state index in [9.17, 15) is 19.2 Å². The van der Waals surface area contributed by atoms with Gasteiger partial charge in [-0.3, -0.25) is 0 Å². The molecule has 0 aromatic heterocycles. The van der Waals surface area contributed by atoms with Crippen LogP contribution in [0.15, 0.2) is 0 Å². The summed E-state index contributed by atoms with van der Waals surface area (Å²) in [5.41, 5.74) is 0. The lowest BCUT2D eigenvalue weighted by atomic mass is 9.90. The molecular formula is C32H62N6O6. The fraction of sp³-hybridized carbons (Fsp3) is 0.875. The predicted molar refractivity (Wildman–Crippen MR) is 174 cm³/mol. The van der Waals surface area contributed by atoms with E-state index in [-0.39, 0.29) is 36.3 Å². The molecule has 2 atom stereocenters. The minimum atomic E-state index is -0.381. The van der Waals surface area contributed by atoms with E-state index in [0.717, 1.165) is 89.9 Å². The molecule has 0 saturated heterocycles. The summed E-state index contributed by atoms with van der Waals surface area (Å²) in [5.74, 6) is 0. The van der Waals surface area contributed by atoms with Crippen molar-refractivity contribution in [2.45, 2.75) is 142 Å². The third-order valence-electron chi connectivity index (χ3n) is 7.72. The van der Waals surface area contributed by atoms with Crippen LogP contribution in [0.4, 0.5) is 19.2 Å². The van der Waals surface area contributed by atoms with E-state index >= 15 is 0 Å². The number of hydrogen-bond acceptors (Lipinski definition) is 6. The fourth-order valence-corrected chi connectivity index (χ4v) is 5.19. The average molecular weight is 627 g/mol. The third-order valence-corrected chi connectivity index (χ3v) is 7.72. The van der Waals surface area contributed by atoms with Gasteiger partial charge in [-0.15, -0.1) is 0 Å². The van der Waals surface area contributed by atoms with Crippen molar-refractivity contribution in [3.63, 3.8) is 0 Å². The number of nitrogens with one attached hydrogen (secondary N) is 6. The Kier molecular flexibility index (Phi) is 24.5. The molecule has 0 heterocycles. The van der Waals surface area contributed by atoms with Crippen LogP contribution in [0.1, 0.15) is 129 Å². The molecule has 6 N–H and O–H groups in total. The molecule has 0 aromatic carbocycles. The Morgan fingerprint density at radius 2 is 0.932 bits per heavy atom. The zero-order valence-electron chi connectivity index (χ0n) is 27.6. The molecular weight excluding hydrogens is 564 g/mol. The molecule has 1 aliphatic carbocycles. The normalized spacial score (nSPS) is 16.0. The quantitative estimate of drug-likeness (QED) is 0.0738. The van der Waals surface area contributed by atoms with Gasteiger partial charge in [-0.05, 0) is 51.9 Å². The van der Waals surface area contributed by atoms with Gasteiger partial charge < -0.3 is 41.4 Å². The molecule has 44 heavy (non-hydrogen) atoms. The van der Waals surface area contributed by atoms with Crippen molar-refractivity contribution in [2.24, 2.45) is 0 Å². The van der Waals surface area contributed by atoms with Crippen molar-refractivity contribution in [2.75, 3.05) is 39.4 Å². The molecule has 1 rings (SSSR count). The Hall–Kier alpha value is -2.92.